The quantitative estimate of drug-likeness (QED) is 0.794. The maximum absolute atomic E-state index is 11.1. The number of Topliss-reactive ketones (excluding diaryl/α,β-unsaturated/α-hetero) is 2. The summed E-state index contributed by atoms with van der Waals surface area (Å²) in [5.41, 5.74) is 4.65. The lowest BCUT2D eigenvalue weighted by Crippen LogP contribution is -1.97. The summed E-state index contributed by atoms with van der Waals surface area (Å²) < 4.78 is 0. The molecule has 1 aromatic carbocycles. The average molecular weight is 228 g/mol. The van der Waals surface area contributed by atoms with Crippen molar-refractivity contribution in [1.82, 2.24) is 0 Å². The van der Waals surface area contributed by atoms with E-state index in [1.54, 1.807) is 13.8 Å². The van der Waals surface area contributed by atoms with Crippen LogP contribution in [0.5, 0.6) is 0 Å². The van der Waals surface area contributed by atoms with E-state index in [9.17, 15) is 9.59 Å². The molecule has 1 aromatic rings. The molecule has 0 unspecified atom stereocenters. The zero-order chi connectivity index (χ0) is 12.4. The van der Waals surface area contributed by atoms with Crippen LogP contribution in [-0.2, 0) is 22.4 Å². The standard InChI is InChI=1S/C15H16O2/c1-10(16)5-12-3-4-14-8-13(6-11(2)17)9-15(14)7-12/h3-4,7,9H,5-6,8H2,1-2H3. The van der Waals surface area contributed by atoms with Crippen molar-refractivity contribution in [3.63, 3.8) is 0 Å². The fourth-order valence-electron chi connectivity index (χ4n) is 2.29. The van der Waals surface area contributed by atoms with Gasteiger partial charge in [-0.05, 0) is 37.0 Å². The highest BCUT2D eigenvalue weighted by Gasteiger charge is 2.14. The molecular weight excluding hydrogens is 212 g/mol. The molecule has 0 radical (unpaired) electrons. The molecule has 0 saturated carbocycles. The molecule has 1 aliphatic carbocycles. The molecule has 2 heteroatoms. The van der Waals surface area contributed by atoms with E-state index in [0.717, 1.165) is 12.0 Å². The third-order valence-corrected chi connectivity index (χ3v) is 2.92. The molecule has 0 fully saturated rings. The highest BCUT2D eigenvalue weighted by atomic mass is 16.1. The van der Waals surface area contributed by atoms with E-state index < -0.39 is 0 Å². The van der Waals surface area contributed by atoms with Crippen LogP contribution in [0.2, 0.25) is 0 Å². The minimum Gasteiger partial charge on any atom is -0.300 e. The number of carbonyl (C=O) groups is 2. The fourth-order valence-corrected chi connectivity index (χ4v) is 2.29. The van der Waals surface area contributed by atoms with Crippen molar-refractivity contribution in [1.29, 1.82) is 0 Å². The first-order valence-electron chi connectivity index (χ1n) is 5.84. The van der Waals surface area contributed by atoms with E-state index in [4.69, 9.17) is 0 Å². The summed E-state index contributed by atoms with van der Waals surface area (Å²) in [5.74, 6) is 0.379. The van der Waals surface area contributed by atoms with Gasteiger partial charge in [0.15, 0.2) is 0 Å². The first-order chi connectivity index (χ1) is 8.04. The van der Waals surface area contributed by atoms with Gasteiger partial charge >= 0.3 is 0 Å². The van der Waals surface area contributed by atoms with E-state index >= 15 is 0 Å². The molecule has 0 amide bonds. The van der Waals surface area contributed by atoms with Gasteiger partial charge in [0, 0.05) is 12.8 Å². The minimum absolute atomic E-state index is 0.177. The summed E-state index contributed by atoms with van der Waals surface area (Å²) in [4.78, 5) is 22.1. The van der Waals surface area contributed by atoms with Crippen LogP contribution in [0.25, 0.3) is 6.08 Å². The van der Waals surface area contributed by atoms with E-state index in [2.05, 4.69) is 18.2 Å². The Hall–Kier alpha value is -1.70. The first-order valence-corrected chi connectivity index (χ1v) is 5.84. The molecule has 0 aromatic heterocycles. The summed E-state index contributed by atoms with van der Waals surface area (Å²) in [6.07, 6.45) is 3.98. The van der Waals surface area contributed by atoms with Crippen molar-refractivity contribution in [3.8, 4) is 0 Å². The molecule has 0 atom stereocenters. The van der Waals surface area contributed by atoms with Crippen molar-refractivity contribution in [2.45, 2.75) is 33.1 Å². The van der Waals surface area contributed by atoms with E-state index in [1.165, 1.54) is 16.7 Å². The normalized spacial score (nSPS) is 13.2. The summed E-state index contributed by atoms with van der Waals surface area (Å²) in [7, 11) is 0. The van der Waals surface area contributed by atoms with Gasteiger partial charge in [0.2, 0.25) is 0 Å². The molecular formula is C15H16O2. The van der Waals surface area contributed by atoms with Crippen LogP contribution in [0.15, 0.2) is 23.8 Å². The minimum atomic E-state index is 0.177. The van der Waals surface area contributed by atoms with Crippen LogP contribution in [0.3, 0.4) is 0 Å². The van der Waals surface area contributed by atoms with E-state index in [1.807, 2.05) is 6.07 Å². The van der Waals surface area contributed by atoms with Crippen LogP contribution in [0.1, 0.15) is 37.0 Å². The van der Waals surface area contributed by atoms with Gasteiger partial charge in [-0.2, -0.15) is 0 Å². The Morgan fingerprint density at radius 3 is 2.47 bits per heavy atom. The molecule has 2 nitrogen and oxygen atoms in total. The number of ketones is 2. The van der Waals surface area contributed by atoms with E-state index in [-0.39, 0.29) is 11.6 Å². The highest BCUT2D eigenvalue weighted by molar-refractivity contribution is 5.82. The van der Waals surface area contributed by atoms with Gasteiger partial charge in [-0.15, -0.1) is 0 Å². The SMILES string of the molecule is CC(=O)CC1=Cc2cc(CC(C)=O)ccc2C1. The Morgan fingerprint density at radius 1 is 1.12 bits per heavy atom. The largest absolute Gasteiger partial charge is 0.300 e. The lowest BCUT2D eigenvalue weighted by atomic mass is 10.0. The second kappa shape index (κ2) is 4.66. The zero-order valence-corrected chi connectivity index (χ0v) is 10.2. The van der Waals surface area contributed by atoms with Crippen molar-refractivity contribution in [2.24, 2.45) is 0 Å². The predicted molar refractivity (Wildman–Crippen MR) is 67.8 cm³/mol. The number of rotatable bonds is 4. The van der Waals surface area contributed by atoms with Crippen molar-refractivity contribution in [2.75, 3.05) is 0 Å². The third kappa shape index (κ3) is 2.90. The van der Waals surface area contributed by atoms with Gasteiger partial charge in [-0.3, -0.25) is 9.59 Å². The second-order valence-electron chi connectivity index (χ2n) is 4.77. The Morgan fingerprint density at radius 2 is 1.82 bits per heavy atom. The topological polar surface area (TPSA) is 34.1 Å². The number of hydrogen-bond acceptors (Lipinski definition) is 2. The van der Waals surface area contributed by atoms with Crippen LogP contribution >= 0.6 is 0 Å². The Balaban J connectivity index is 2.20. The van der Waals surface area contributed by atoms with Gasteiger partial charge in [0.05, 0.1) is 0 Å². The average Bonchev–Trinajstić information content (AvgIpc) is 2.56. The molecule has 88 valence electrons. The second-order valence-corrected chi connectivity index (χ2v) is 4.77. The van der Waals surface area contributed by atoms with Gasteiger partial charge in [-0.1, -0.05) is 29.8 Å². The number of fused-ring (bicyclic) bond motifs is 1. The lowest BCUT2D eigenvalue weighted by Gasteiger charge is -2.02. The first kappa shape index (κ1) is 11.8. The molecule has 0 heterocycles. The van der Waals surface area contributed by atoms with Crippen molar-refractivity contribution < 1.29 is 9.59 Å². The summed E-state index contributed by atoms with van der Waals surface area (Å²) >= 11 is 0. The van der Waals surface area contributed by atoms with Crippen molar-refractivity contribution >= 4 is 17.6 Å². The Kier molecular flexibility index (Phi) is 3.23. The molecule has 0 N–H and O–H groups in total. The summed E-state index contributed by atoms with van der Waals surface area (Å²) in [6.45, 7) is 3.22. The molecule has 0 aliphatic heterocycles. The molecule has 0 saturated heterocycles. The summed E-state index contributed by atoms with van der Waals surface area (Å²) in [6, 6.07) is 6.13. The van der Waals surface area contributed by atoms with Crippen LogP contribution in [-0.4, -0.2) is 11.6 Å². The third-order valence-electron chi connectivity index (χ3n) is 2.92. The Labute approximate surface area is 101 Å². The monoisotopic (exact) mass is 228 g/mol. The molecule has 2 rings (SSSR count). The van der Waals surface area contributed by atoms with E-state index in [0.29, 0.717) is 12.8 Å². The summed E-state index contributed by atoms with van der Waals surface area (Å²) in [5, 5.41) is 0. The van der Waals surface area contributed by atoms with Crippen LogP contribution in [0, 0.1) is 0 Å². The zero-order valence-electron chi connectivity index (χ0n) is 10.2. The maximum Gasteiger partial charge on any atom is 0.134 e. The number of allylic oxidation sites excluding steroid dienone is 1. The number of hydrogen-bond donors (Lipinski definition) is 0. The number of carbonyl (C=O) groups excluding carboxylic acids is 2. The molecule has 0 spiro atoms. The lowest BCUT2D eigenvalue weighted by molar-refractivity contribution is -0.117. The number of benzene rings is 1. The van der Waals surface area contributed by atoms with Gasteiger partial charge in [-0.25, -0.2) is 0 Å². The maximum atomic E-state index is 11.1. The Bertz CT molecular complexity index is 510. The van der Waals surface area contributed by atoms with Gasteiger partial charge < -0.3 is 0 Å². The molecule has 0 bridgehead atoms. The molecule has 17 heavy (non-hydrogen) atoms. The van der Waals surface area contributed by atoms with Gasteiger partial charge in [0.1, 0.15) is 11.6 Å². The smallest absolute Gasteiger partial charge is 0.134 e. The van der Waals surface area contributed by atoms with Crippen LogP contribution in [0.4, 0.5) is 0 Å². The van der Waals surface area contributed by atoms with Crippen LogP contribution < -0.4 is 0 Å². The predicted octanol–water partition coefficient (Wildman–Crippen LogP) is 2.74. The molecule has 1 aliphatic rings. The fraction of sp³-hybridized carbons (Fsp3) is 0.333. The highest BCUT2D eigenvalue weighted by Crippen LogP contribution is 2.28. The van der Waals surface area contributed by atoms with Crippen molar-refractivity contribution in [3.05, 3.63) is 40.5 Å². The van der Waals surface area contributed by atoms with Gasteiger partial charge in [0.25, 0.3) is 0 Å².